The second-order valence-corrected chi connectivity index (χ2v) is 2.73. The van der Waals surface area contributed by atoms with Crippen LogP contribution < -0.4 is 5.73 Å². The number of aromatic nitrogens is 1. The highest BCUT2D eigenvalue weighted by molar-refractivity contribution is 6.31. The minimum atomic E-state index is -2.83. The van der Waals surface area contributed by atoms with Gasteiger partial charge in [-0.1, -0.05) is 11.6 Å². The number of pyridine rings is 1. The minimum absolute atomic E-state index is 0.0874. The van der Waals surface area contributed by atoms with Crippen LogP contribution in [-0.4, -0.2) is 10.1 Å². The highest BCUT2D eigenvalue weighted by Crippen LogP contribution is 2.32. The first-order valence-corrected chi connectivity index (χ1v) is 3.80. The smallest absolute Gasteiger partial charge is 0.284 e. The highest BCUT2D eigenvalue weighted by Gasteiger charge is 2.18. The average molecular weight is 209 g/mol. The van der Waals surface area contributed by atoms with Crippen LogP contribution in [0, 0.1) is 0 Å². The van der Waals surface area contributed by atoms with Gasteiger partial charge in [-0.3, -0.25) is 0 Å². The maximum absolute atomic E-state index is 12.2. The van der Waals surface area contributed by atoms with Gasteiger partial charge in [-0.25, -0.2) is 13.8 Å². The van der Waals surface area contributed by atoms with E-state index in [1.54, 1.807) is 0 Å². The van der Waals surface area contributed by atoms with E-state index >= 15 is 0 Å². The van der Waals surface area contributed by atoms with Gasteiger partial charge in [-0.2, -0.15) is 0 Å². The van der Waals surface area contributed by atoms with E-state index in [9.17, 15) is 13.9 Å². The minimum Gasteiger partial charge on any atom is -0.505 e. The Labute approximate surface area is 78.1 Å². The Morgan fingerprint density at radius 1 is 1.62 bits per heavy atom. The predicted octanol–water partition coefficient (Wildman–Crippen LogP) is 1.84. The first kappa shape index (κ1) is 10.1. The van der Waals surface area contributed by atoms with Gasteiger partial charge in [0.25, 0.3) is 6.43 Å². The van der Waals surface area contributed by atoms with Crippen LogP contribution in [0.25, 0.3) is 0 Å². The summed E-state index contributed by atoms with van der Waals surface area (Å²) in [5.74, 6) is -0.620. The fourth-order valence-electron chi connectivity index (χ4n) is 0.887. The number of halogens is 3. The summed E-state index contributed by atoms with van der Waals surface area (Å²) in [4.78, 5) is 3.30. The molecule has 0 unspecified atom stereocenters. The molecule has 3 nitrogen and oxygen atoms in total. The highest BCUT2D eigenvalue weighted by atomic mass is 35.5. The van der Waals surface area contributed by atoms with Crippen LogP contribution >= 0.6 is 11.6 Å². The molecule has 0 saturated heterocycles. The molecule has 3 N–H and O–H groups in total. The van der Waals surface area contributed by atoms with E-state index < -0.39 is 17.9 Å². The molecule has 0 atom stereocenters. The third-order valence-electron chi connectivity index (χ3n) is 1.54. The standard InChI is InChI=1S/C7H7ClF2N2O/c8-4-2-12-5(7(9)10)6(13)3(4)1-11/h2,7,13H,1,11H2. The van der Waals surface area contributed by atoms with Crippen molar-refractivity contribution in [3.63, 3.8) is 0 Å². The van der Waals surface area contributed by atoms with Crippen LogP contribution in [-0.2, 0) is 6.54 Å². The zero-order chi connectivity index (χ0) is 10.0. The zero-order valence-electron chi connectivity index (χ0n) is 6.47. The third kappa shape index (κ3) is 1.87. The summed E-state index contributed by atoms with van der Waals surface area (Å²) in [6.45, 7) is -0.104. The summed E-state index contributed by atoms with van der Waals surface area (Å²) in [7, 11) is 0. The van der Waals surface area contributed by atoms with E-state index in [2.05, 4.69) is 4.98 Å². The molecule has 1 aromatic rings. The molecule has 0 aliphatic carbocycles. The van der Waals surface area contributed by atoms with Gasteiger partial charge in [0, 0.05) is 18.3 Å². The van der Waals surface area contributed by atoms with Crippen molar-refractivity contribution in [3.05, 3.63) is 22.5 Å². The molecular formula is C7H7ClF2N2O. The van der Waals surface area contributed by atoms with Crippen molar-refractivity contribution in [1.82, 2.24) is 4.98 Å². The van der Waals surface area contributed by atoms with Crippen LogP contribution in [0.5, 0.6) is 5.75 Å². The molecule has 0 aromatic carbocycles. The SMILES string of the molecule is NCc1c(Cl)cnc(C(F)F)c1O. The van der Waals surface area contributed by atoms with Crippen molar-refractivity contribution in [2.24, 2.45) is 5.73 Å². The van der Waals surface area contributed by atoms with E-state index in [4.69, 9.17) is 17.3 Å². The lowest BCUT2D eigenvalue weighted by atomic mass is 10.2. The summed E-state index contributed by atoms with van der Waals surface area (Å²) in [5, 5.41) is 9.32. The van der Waals surface area contributed by atoms with E-state index in [-0.39, 0.29) is 17.1 Å². The quantitative estimate of drug-likeness (QED) is 0.780. The first-order chi connectivity index (χ1) is 6.07. The molecular weight excluding hydrogens is 202 g/mol. The Morgan fingerprint density at radius 2 is 2.23 bits per heavy atom. The molecule has 0 saturated carbocycles. The Morgan fingerprint density at radius 3 is 2.69 bits per heavy atom. The number of alkyl halides is 2. The van der Waals surface area contributed by atoms with Crippen LogP contribution in [0.2, 0.25) is 5.02 Å². The number of aromatic hydroxyl groups is 1. The second kappa shape index (κ2) is 3.85. The first-order valence-electron chi connectivity index (χ1n) is 3.42. The Balaban J connectivity index is 3.27. The van der Waals surface area contributed by atoms with Gasteiger partial charge < -0.3 is 10.8 Å². The van der Waals surface area contributed by atoms with Crippen LogP contribution in [0.15, 0.2) is 6.20 Å². The zero-order valence-corrected chi connectivity index (χ0v) is 7.22. The molecule has 1 aromatic heterocycles. The van der Waals surface area contributed by atoms with E-state index in [1.807, 2.05) is 0 Å². The topological polar surface area (TPSA) is 59.1 Å². The van der Waals surface area contributed by atoms with E-state index in [0.717, 1.165) is 6.20 Å². The molecule has 0 spiro atoms. The number of hydrogen-bond donors (Lipinski definition) is 2. The molecule has 1 rings (SSSR count). The van der Waals surface area contributed by atoms with Gasteiger partial charge in [0.15, 0.2) is 0 Å². The summed E-state index contributed by atoms with van der Waals surface area (Å²) in [6, 6.07) is 0. The van der Waals surface area contributed by atoms with Gasteiger partial charge in [0.1, 0.15) is 11.4 Å². The molecule has 72 valence electrons. The summed E-state index contributed by atoms with van der Waals surface area (Å²) in [5.41, 5.74) is 4.60. The molecule has 6 heteroatoms. The Hall–Kier alpha value is -0.940. The lowest BCUT2D eigenvalue weighted by Gasteiger charge is -2.07. The van der Waals surface area contributed by atoms with Gasteiger partial charge in [-0.05, 0) is 0 Å². The Bertz CT molecular complexity index is 320. The maximum Gasteiger partial charge on any atom is 0.284 e. The van der Waals surface area contributed by atoms with Gasteiger partial charge in [0.2, 0.25) is 0 Å². The van der Waals surface area contributed by atoms with Crippen molar-refractivity contribution in [3.8, 4) is 5.75 Å². The summed E-state index contributed by atoms with van der Waals surface area (Å²) in [6.07, 6.45) is -1.78. The fraction of sp³-hybridized carbons (Fsp3) is 0.286. The van der Waals surface area contributed by atoms with E-state index in [1.165, 1.54) is 0 Å². The monoisotopic (exact) mass is 208 g/mol. The molecule has 0 fully saturated rings. The molecule has 1 heterocycles. The van der Waals surface area contributed by atoms with Crippen molar-refractivity contribution < 1.29 is 13.9 Å². The van der Waals surface area contributed by atoms with Gasteiger partial charge in [0.05, 0.1) is 5.02 Å². The molecule has 0 aliphatic rings. The molecule has 13 heavy (non-hydrogen) atoms. The average Bonchev–Trinajstić information content (AvgIpc) is 2.04. The van der Waals surface area contributed by atoms with Crippen LogP contribution in [0.3, 0.4) is 0 Å². The van der Waals surface area contributed by atoms with Crippen molar-refractivity contribution in [1.29, 1.82) is 0 Å². The lowest BCUT2D eigenvalue weighted by molar-refractivity contribution is 0.141. The number of nitrogens with zero attached hydrogens (tertiary/aromatic N) is 1. The predicted molar refractivity (Wildman–Crippen MR) is 43.8 cm³/mol. The van der Waals surface area contributed by atoms with Crippen molar-refractivity contribution in [2.45, 2.75) is 13.0 Å². The van der Waals surface area contributed by atoms with Gasteiger partial charge in [-0.15, -0.1) is 0 Å². The molecule has 0 amide bonds. The summed E-state index contributed by atoms with van der Waals surface area (Å²) >= 11 is 5.56. The van der Waals surface area contributed by atoms with Crippen LogP contribution in [0.4, 0.5) is 8.78 Å². The largest absolute Gasteiger partial charge is 0.505 e. The Kier molecular flexibility index (Phi) is 3.00. The number of hydrogen-bond acceptors (Lipinski definition) is 3. The van der Waals surface area contributed by atoms with Gasteiger partial charge >= 0.3 is 0 Å². The molecule has 0 aliphatic heterocycles. The molecule has 0 bridgehead atoms. The third-order valence-corrected chi connectivity index (χ3v) is 1.87. The number of nitrogens with two attached hydrogens (primary N) is 1. The summed E-state index contributed by atoms with van der Waals surface area (Å²) < 4.78 is 24.3. The van der Waals surface area contributed by atoms with Crippen LogP contribution in [0.1, 0.15) is 17.7 Å². The molecule has 0 radical (unpaired) electrons. The lowest BCUT2D eigenvalue weighted by Crippen LogP contribution is -2.02. The van der Waals surface area contributed by atoms with Crippen molar-refractivity contribution in [2.75, 3.05) is 0 Å². The second-order valence-electron chi connectivity index (χ2n) is 2.32. The van der Waals surface area contributed by atoms with Crippen molar-refractivity contribution >= 4 is 11.6 Å². The normalized spacial score (nSPS) is 10.8. The maximum atomic E-state index is 12.2. The number of rotatable bonds is 2. The fourth-order valence-corrected chi connectivity index (χ4v) is 1.10. The van der Waals surface area contributed by atoms with E-state index in [0.29, 0.717) is 0 Å².